The van der Waals surface area contributed by atoms with Gasteiger partial charge in [0.05, 0.1) is 7.11 Å². The van der Waals surface area contributed by atoms with Crippen LogP contribution in [0.15, 0.2) is 59.0 Å². The summed E-state index contributed by atoms with van der Waals surface area (Å²) in [5, 5.41) is 0.857. The average Bonchev–Trinajstić information content (AvgIpc) is 2.99. The van der Waals surface area contributed by atoms with E-state index in [-0.39, 0.29) is 5.91 Å². The minimum Gasteiger partial charge on any atom is -0.493 e. The molecule has 0 radical (unpaired) electrons. The van der Waals surface area contributed by atoms with Gasteiger partial charge in [-0.3, -0.25) is 4.79 Å². The third-order valence-corrected chi connectivity index (χ3v) is 3.55. The van der Waals surface area contributed by atoms with Crippen molar-refractivity contribution in [2.24, 2.45) is 0 Å². The maximum atomic E-state index is 12.5. The summed E-state index contributed by atoms with van der Waals surface area (Å²) in [7, 11) is 3.35. The Kier molecular flexibility index (Phi) is 3.83. The molecule has 112 valence electrons. The number of hydrogen-bond acceptors (Lipinski definition) is 3. The van der Waals surface area contributed by atoms with E-state index in [2.05, 4.69) is 0 Å². The lowest BCUT2D eigenvalue weighted by Gasteiger charge is -2.15. The van der Waals surface area contributed by atoms with Gasteiger partial charge in [-0.25, -0.2) is 0 Å². The number of methoxy groups -OCH3 is 1. The summed E-state index contributed by atoms with van der Waals surface area (Å²) >= 11 is 0. The van der Waals surface area contributed by atoms with Crippen LogP contribution in [0.1, 0.15) is 16.1 Å². The first-order chi connectivity index (χ1) is 10.7. The van der Waals surface area contributed by atoms with Gasteiger partial charge in [-0.15, -0.1) is 0 Å². The molecule has 1 amide bonds. The first kappa shape index (κ1) is 14.2. The second-order valence-electron chi connectivity index (χ2n) is 5.14. The zero-order chi connectivity index (χ0) is 15.5. The van der Waals surface area contributed by atoms with Gasteiger partial charge in [0.2, 0.25) is 0 Å². The molecule has 0 spiro atoms. The minimum absolute atomic E-state index is 0.151. The maximum absolute atomic E-state index is 12.5. The van der Waals surface area contributed by atoms with E-state index >= 15 is 0 Å². The van der Waals surface area contributed by atoms with E-state index in [0.717, 1.165) is 10.9 Å². The van der Waals surface area contributed by atoms with Crippen LogP contribution in [0.2, 0.25) is 0 Å². The Morgan fingerprint density at radius 2 is 1.91 bits per heavy atom. The molecule has 0 saturated carbocycles. The van der Waals surface area contributed by atoms with Gasteiger partial charge in [0, 0.05) is 19.0 Å². The SMILES string of the molecule is COc1cccc2cc(C(=O)N(C)Cc3ccccc3)oc12. The molecule has 0 atom stereocenters. The third kappa shape index (κ3) is 2.68. The Labute approximate surface area is 128 Å². The fraction of sp³-hybridized carbons (Fsp3) is 0.167. The quantitative estimate of drug-likeness (QED) is 0.737. The Bertz CT molecular complexity index is 792. The van der Waals surface area contributed by atoms with Crippen molar-refractivity contribution in [1.82, 2.24) is 4.90 Å². The zero-order valence-corrected chi connectivity index (χ0v) is 12.6. The first-order valence-corrected chi connectivity index (χ1v) is 7.05. The van der Waals surface area contributed by atoms with E-state index in [9.17, 15) is 4.79 Å². The van der Waals surface area contributed by atoms with E-state index in [1.165, 1.54) is 0 Å². The molecule has 0 saturated heterocycles. The van der Waals surface area contributed by atoms with Crippen molar-refractivity contribution in [2.75, 3.05) is 14.2 Å². The molecule has 0 unspecified atom stereocenters. The lowest BCUT2D eigenvalue weighted by Crippen LogP contribution is -2.25. The molecule has 3 rings (SSSR count). The standard InChI is InChI=1S/C18H17NO3/c1-19(12-13-7-4-3-5-8-13)18(20)16-11-14-9-6-10-15(21-2)17(14)22-16/h3-11H,12H2,1-2H3. The number of carbonyl (C=O) groups excluding carboxylic acids is 1. The van der Waals surface area contributed by atoms with E-state index in [0.29, 0.717) is 23.6 Å². The second kappa shape index (κ2) is 5.93. The molecule has 0 N–H and O–H groups in total. The van der Waals surface area contributed by atoms with Crippen LogP contribution in [-0.4, -0.2) is 25.0 Å². The van der Waals surface area contributed by atoms with Crippen molar-refractivity contribution in [3.05, 3.63) is 65.9 Å². The van der Waals surface area contributed by atoms with E-state index in [4.69, 9.17) is 9.15 Å². The Morgan fingerprint density at radius 1 is 1.14 bits per heavy atom. The van der Waals surface area contributed by atoms with Crippen LogP contribution in [0.3, 0.4) is 0 Å². The molecular formula is C18H17NO3. The molecule has 0 aliphatic rings. The van der Waals surface area contributed by atoms with Crippen LogP contribution in [0, 0.1) is 0 Å². The minimum atomic E-state index is -0.151. The monoisotopic (exact) mass is 295 g/mol. The molecule has 22 heavy (non-hydrogen) atoms. The second-order valence-corrected chi connectivity index (χ2v) is 5.14. The molecule has 3 aromatic rings. The molecule has 0 aliphatic carbocycles. The molecule has 1 aromatic heterocycles. The lowest BCUT2D eigenvalue weighted by atomic mass is 10.2. The number of carbonyl (C=O) groups is 1. The van der Waals surface area contributed by atoms with Crippen molar-refractivity contribution in [2.45, 2.75) is 6.54 Å². The van der Waals surface area contributed by atoms with Crippen LogP contribution in [-0.2, 0) is 6.54 Å². The number of nitrogens with zero attached hydrogens (tertiary/aromatic N) is 1. The van der Waals surface area contributed by atoms with Crippen molar-refractivity contribution < 1.29 is 13.9 Å². The number of hydrogen-bond donors (Lipinski definition) is 0. The summed E-state index contributed by atoms with van der Waals surface area (Å²) in [5.41, 5.74) is 1.67. The van der Waals surface area contributed by atoms with Crippen molar-refractivity contribution in [3.8, 4) is 5.75 Å². The number of ether oxygens (including phenoxy) is 1. The highest BCUT2D eigenvalue weighted by Crippen LogP contribution is 2.29. The summed E-state index contributed by atoms with van der Waals surface area (Å²) in [6.45, 7) is 0.536. The number of rotatable bonds is 4. The maximum Gasteiger partial charge on any atom is 0.289 e. The summed E-state index contributed by atoms with van der Waals surface area (Å²) in [6.07, 6.45) is 0. The van der Waals surface area contributed by atoms with Crippen molar-refractivity contribution in [3.63, 3.8) is 0 Å². The molecule has 2 aromatic carbocycles. The molecule has 0 fully saturated rings. The van der Waals surface area contributed by atoms with Gasteiger partial charge >= 0.3 is 0 Å². The van der Waals surface area contributed by atoms with Crippen molar-refractivity contribution >= 4 is 16.9 Å². The molecular weight excluding hydrogens is 278 g/mol. The normalized spacial score (nSPS) is 10.6. The van der Waals surface area contributed by atoms with Crippen LogP contribution in [0.5, 0.6) is 5.75 Å². The van der Waals surface area contributed by atoms with Crippen LogP contribution in [0.25, 0.3) is 11.0 Å². The molecule has 0 aliphatic heterocycles. The number of amides is 1. The van der Waals surface area contributed by atoms with E-state index < -0.39 is 0 Å². The topological polar surface area (TPSA) is 42.7 Å². The summed E-state index contributed by atoms with van der Waals surface area (Å²) in [5.74, 6) is 0.794. The predicted octanol–water partition coefficient (Wildman–Crippen LogP) is 3.71. The summed E-state index contributed by atoms with van der Waals surface area (Å²) < 4.78 is 11.0. The van der Waals surface area contributed by atoms with E-state index in [1.54, 1.807) is 25.1 Å². The van der Waals surface area contributed by atoms with Crippen molar-refractivity contribution in [1.29, 1.82) is 0 Å². The van der Waals surface area contributed by atoms with Gasteiger partial charge in [-0.1, -0.05) is 42.5 Å². The Balaban J connectivity index is 1.85. The number of benzene rings is 2. The third-order valence-electron chi connectivity index (χ3n) is 3.55. The number of fused-ring (bicyclic) bond motifs is 1. The summed E-state index contributed by atoms with van der Waals surface area (Å²) in [4.78, 5) is 14.1. The largest absolute Gasteiger partial charge is 0.493 e. The molecule has 4 nitrogen and oxygen atoms in total. The van der Waals surface area contributed by atoms with Gasteiger partial charge < -0.3 is 14.1 Å². The first-order valence-electron chi connectivity index (χ1n) is 7.05. The van der Waals surface area contributed by atoms with Gasteiger partial charge in [-0.05, 0) is 17.7 Å². The van der Waals surface area contributed by atoms with Gasteiger partial charge in [0.15, 0.2) is 17.1 Å². The smallest absolute Gasteiger partial charge is 0.289 e. The summed E-state index contributed by atoms with van der Waals surface area (Å²) in [6, 6.07) is 17.2. The lowest BCUT2D eigenvalue weighted by molar-refractivity contribution is 0.0755. The van der Waals surface area contributed by atoms with Gasteiger partial charge in [-0.2, -0.15) is 0 Å². The van der Waals surface area contributed by atoms with Crippen LogP contribution >= 0.6 is 0 Å². The highest BCUT2D eigenvalue weighted by Gasteiger charge is 2.18. The Morgan fingerprint density at radius 3 is 2.64 bits per heavy atom. The highest BCUT2D eigenvalue weighted by molar-refractivity contribution is 5.97. The zero-order valence-electron chi connectivity index (χ0n) is 12.6. The predicted molar refractivity (Wildman–Crippen MR) is 85.0 cm³/mol. The van der Waals surface area contributed by atoms with E-state index in [1.807, 2.05) is 48.5 Å². The van der Waals surface area contributed by atoms with Gasteiger partial charge in [0.25, 0.3) is 5.91 Å². The fourth-order valence-corrected chi connectivity index (χ4v) is 2.42. The number of para-hydroxylation sites is 1. The van der Waals surface area contributed by atoms with Gasteiger partial charge in [0.1, 0.15) is 0 Å². The molecule has 0 bridgehead atoms. The number of furan rings is 1. The molecule has 1 heterocycles. The fourth-order valence-electron chi connectivity index (χ4n) is 2.42. The van der Waals surface area contributed by atoms with Crippen LogP contribution in [0.4, 0.5) is 0 Å². The average molecular weight is 295 g/mol. The molecule has 4 heteroatoms. The Hall–Kier alpha value is -2.75. The van der Waals surface area contributed by atoms with Crippen LogP contribution < -0.4 is 4.74 Å². The highest BCUT2D eigenvalue weighted by atomic mass is 16.5.